The predicted molar refractivity (Wildman–Crippen MR) is 63.7 cm³/mol. The van der Waals surface area contributed by atoms with Crippen LogP contribution in [0.5, 0.6) is 0 Å². The molecule has 16 heavy (non-hydrogen) atoms. The molecule has 2 rings (SSSR count). The van der Waals surface area contributed by atoms with Crippen molar-refractivity contribution >= 4 is 16.7 Å². The topological polar surface area (TPSA) is 80.9 Å². The molecule has 2 aromatic rings. The van der Waals surface area contributed by atoms with E-state index in [-0.39, 0.29) is 17.8 Å². The minimum absolute atomic E-state index is 0.0364. The Morgan fingerprint density at radius 3 is 2.69 bits per heavy atom. The third-order valence-corrected chi connectivity index (χ3v) is 2.39. The van der Waals surface area contributed by atoms with Gasteiger partial charge in [-0.15, -0.1) is 0 Å². The van der Waals surface area contributed by atoms with E-state index >= 15 is 0 Å². The SMILES string of the molecule is CC(C)(CO)Nc1ccc2[nH]c(=O)[nH]c2c1. The monoisotopic (exact) mass is 221 g/mol. The zero-order valence-corrected chi connectivity index (χ0v) is 9.29. The molecule has 0 spiro atoms. The minimum atomic E-state index is -0.385. The summed E-state index contributed by atoms with van der Waals surface area (Å²) in [5, 5.41) is 12.3. The Morgan fingerprint density at radius 1 is 1.31 bits per heavy atom. The molecule has 0 saturated carbocycles. The van der Waals surface area contributed by atoms with Crippen LogP contribution in [-0.2, 0) is 0 Å². The highest BCUT2D eigenvalue weighted by molar-refractivity contribution is 5.78. The summed E-state index contributed by atoms with van der Waals surface area (Å²) in [6.07, 6.45) is 0. The van der Waals surface area contributed by atoms with E-state index in [1.165, 1.54) is 0 Å². The molecule has 1 aromatic heterocycles. The average molecular weight is 221 g/mol. The molecular weight excluding hydrogens is 206 g/mol. The molecule has 0 saturated heterocycles. The first-order valence-corrected chi connectivity index (χ1v) is 5.11. The fourth-order valence-corrected chi connectivity index (χ4v) is 1.54. The van der Waals surface area contributed by atoms with Gasteiger partial charge in [0.1, 0.15) is 0 Å². The Balaban J connectivity index is 2.36. The van der Waals surface area contributed by atoms with Crippen molar-refractivity contribution in [2.75, 3.05) is 11.9 Å². The summed E-state index contributed by atoms with van der Waals surface area (Å²) < 4.78 is 0. The molecule has 5 heteroatoms. The highest BCUT2D eigenvalue weighted by Gasteiger charge is 2.15. The highest BCUT2D eigenvalue weighted by atomic mass is 16.3. The highest BCUT2D eigenvalue weighted by Crippen LogP contribution is 2.18. The number of fused-ring (bicyclic) bond motifs is 1. The predicted octanol–water partition coefficient (Wildman–Crippen LogP) is 1.04. The van der Waals surface area contributed by atoms with Crippen molar-refractivity contribution in [3.8, 4) is 0 Å². The molecule has 86 valence electrons. The van der Waals surface area contributed by atoms with E-state index in [2.05, 4.69) is 15.3 Å². The number of hydrogen-bond acceptors (Lipinski definition) is 3. The fraction of sp³-hybridized carbons (Fsp3) is 0.364. The van der Waals surface area contributed by atoms with Crippen molar-refractivity contribution in [1.29, 1.82) is 0 Å². The third kappa shape index (κ3) is 2.09. The summed E-state index contributed by atoms with van der Waals surface area (Å²) in [5.74, 6) is 0. The summed E-state index contributed by atoms with van der Waals surface area (Å²) in [7, 11) is 0. The first-order chi connectivity index (χ1) is 7.50. The number of benzene rings is 1. The molecule has 0 fully saturated rings. The van der Waals surface area contributed by atoms with Crippen molar-refractivity contribution in [1.82, 2.24) is 9.97 Å². The molecule has 5 nitrogen and oxygen atoms in total. The van der Waals surface area contributed by atoms with Crippen LogP contribution in [0.4, 0.5) is 5.69 Å². The van der Waals surface area contributed by atoms with Gasteiger partial charge in [0.25, 0.3) is 0 Å². The van der Waals surface area contributed by atoms with E-state index < -0.39 is 0 Å². The second-order valence-electron chi connectivity index (χ2n) is 4.51. The van der Waals surface area contributed by atoms with Crippen molar-refractivity contribution in [2.24, 2.45) is 0 Å². The van der Waals surface area contributed by atoms with Crippen LogP contribution in [0.25, 0.3) is 11.0 Å². The van der Waals surface area contributed by atoms with Gasteiger partial charge in [-0.3, -0.25) is 0 Å². The molecular formula is C11H15N3O2. The lowest BCUT2D eigenvalue weighted by atomic mass is 10.1. The largest absolute Gasteiger partial charge is 0.394 e. The first kappa shape index (κ1) is 10.8. The lowest BCUT2D eigenvalue weighted by Gasteiger charge is -2.24. The van der Waals surface area contributed by atoms with Gasteiger partial charge in [-0.25, -0.2) is 4.79 Å². The van der Waals surface area contributed by atoms with Crippen molar-refractivity contribution < 1.29 is 5.11 Å². The van der Waals surface area contributed by atoms with Crippen LogP contribution in [-0.4, -0.2) is 27.2 Å². The summed E-state index contributed by atoms with van der Waals surface area (Å²) in [6, 6.07) is 5.52. The van der Waals surface area contributed by atoms with Crippen molar-refractivity contribution in [3.63, 3.8) is 0 Å². The van der Waals surface area contributed by atoms with Gasteiger partial charge in [0.15, 0.2) is 0 Å². The van der Waals surface area contributed by atoms with Gasteiger partial charge >= 0.3 is 5.69 Å². The summed E-state index contributed by atoms with van der Waals surface area (Å²) in [5.41, 5.74) is 1.79. The average Bonchev–Trinajstić information content (AvgIpc) is 2.57. The van der Waals surface area contributed by atoms with Crippen LogP contribution < -0.4 is 11.0 Å². The van der Waals surface area contributed by atoms with Crippen LogP contribution in [0.15, 0.2) is 23.0 Å². The Hall–Kier alpha value is -1.75. The molecule has 0 aliphatic heterocycles. The molecule has 0 amide bonds. The number of aromatic nitrogens is 2. The van der Waals surface area contributed by atoms with Gasteiger partial charge in [-0.2, -0.15) is 0 Å². The number of aliphatic hydroxyl groups excluding tert-OH is 1. The summed E-state index contributed by atoms with van der Waals surface area (Å²) in [4.78, 5) is 16.4. The number of anilines is 1. The molecule has 0 aliphatic carbocycles. The second kappa shape index (κ2) is 3.68. The Labute approximate surface area is 92.5 Å². The van der Waals surface area contributed by atoms with Gasteiger partial charge in [0, 0.05) is 5.69 Å². The van der Waals surface area contributed by atoms with Crippen LogP contribution in [0.3, 0.4) is 0 Å². The maximum atomic E-state index is 11.1. The van der Waals surface area contributed by atoms with Crippen LogP contribution >= 0.6 is 0 Å². The van der Waals surface area contributed by atoms with Gasteiger partial charge < -0.3 is 20.4 Å². The van der Waals surface area contributed by atoms with Crippen molar-refractivity contribution in [2.45, 2.75) is 19.4 Å². The maximum absolute atomic E-state index is 11.1. The minimum Gasteiger partial charge on any atom is -0.394 e. The van der Waals surface area contributed by atoms with E-state index in [0.717, 1.165) is 16.7 Å². The zero-order chi connectivity index (χ0) is 11.8. The van der Waals surface area contributed by atoms with Crippen molar-refractivity contribution in [3.05, 3.63) is 28.7 Å². The fourth-order valence-electron chi connectivity index (χ4n) is 1.54. The van der Waals surface area contributed by atoms with Gasteiger partial charge in [0.2, 0.25) is 0 Å². The summed E-state index contributed by atoms with van der Waals surface area (Å²) >= 11 is 0. The van der Waals surface area contributed by atoms with E-state index in [1.54, 1.807) is 0 Å². The normalized spacial score (nSPS) is 11.9. The molecule has 1 heterocycles. The van der Waals surface area contributed by atoms with Crippen LogP contribution in [0, 0.1) is 0 Å². The molecule has 0 aliphatic rings. The first-order valence-electron chi connectivity index (χ1n) is 5.11. The van der Waals surface area contributed by atoms with E-state index in [4.69, 9.17) is 5.11 Å². The molecule has 0 atom stereocenters. The van der Waals surface area contributed by atoms with Gasteiger partial charge in [0.05, 0.1) is 23.2 Å². The number of imidazole rings is 1. The quantitative estimate of drug-likeness (QED) is 0.625. The third-order valence-electron chi connectivity index (χ3n) is 2.39. The van der Waals surface area contributed by atoms with Crippen LogP contribution in [0.1, 0.15) is 13.8 Å². The van der Waals surface area contributed by atoms with E-state index in [0.29, 0.717) is 0 Å². The molecule has 0 unspecified atom stereocenters. The van der Waals surface area contributed by atoms with E-state index in [9.17, 15) is 4.79 Å². The number of aliphatic hydroxyl groups is 1. The Bertz CT molecular complexity index is 554. The number of hydrogen-bond donors (Lipinski definition) is 4. The standard InChI is InChI=1S/C11H15N3O2/c1-11(2,6-15)14-7-3-4-8-9(5-7)13-10(16)12-8/h3-5,14-15H,6H2,1-2H3,(H2,12,13,16). The number of H-pyrrole nitrogens is 2. The molecule has 4 N–H and O–H groups in total. The number of nitrogens with one attached hydrogen (secondary N) is 3. The van der Waals surface area contributed by atoms with E-state index in [1.807, 2.05) is 32.0 Å². The second-order valence-corrected chi connectivity index (χ2v) is 4.51. The van der Waals surface area contributed by atoms with Gasteiger partial charge in [-0.1, -0.05) is 0 Å². The zero-order valence-electron chi connectivity index (χ0n) is 9.29. The lowest BCUT2D eigenvalue weighted by molar-refractivity contribution is 0.234. The Kier molecular flexibility index (Phi) is 2.47. The summed E-state index contributed by atoms with van der Waals surface area (Å²) in [6.45, 7) is 3.84. The number of aromatic amines is 2. The smallest absolute Gasteiger partial charge is 0.323 e. The van der Waals surface area contributed by atoms with Gasteiger partial charge in [-0.05, 0) is 32.0 Å². The number of rotatable bonds is 3. The van der Waals surface area contributed by atoms with Crippen LogP contribution in [0.2, 0.25) is 0 Å². The molecule has 0 bridgehead atoms. The maximum Gasteiger partial charge on any atom is 0.323 e. The lowest BCUT2D eigenvalue weighted by Crippen LogP contribution is -2.34. The molecule has 0 radical (unpaired) electrons. The Morgan fingerprint density at radius 2 is 2.00 bits per heavy atom. The molecule has 1 aromatic carbocycles.